The fraction of sp³-hybridized carbons (Fsp3) is 0.700. The van der Waals surface area contributed by atoms with E-state index >= 15 is 0 Å². The lowest BCUT2D eigenvalue weighted by Crippen LogP contribution is -2.60. The largest absolute Gasteiger partial charge is 0.369 e. The number of rotatable bonds is 6. The van der Waals surface area contributed by atoms with Crippen LogP contribution in [0.25, 0.3) is 0 Å². The van der Waals surface area contributed by atoms with E-state index in [2.05, 4.69) is 21.2 Å². The minimum Gasteiger partial charge on any atom is -0.369 e. The average Bonchev–Trinajstić information content (AvgIpc) is 3.20. The van der Waals surface area contributed by atoms with E-state index in [1.165, 1.54) is 5.69 Å². The quantitative estimate of drug-likeness (QED) is 0.576. The molecule has 0 radical (unpaired) electrons. The average molecular weight is 560 g/mol. The van der Waals surface area contributed by atoms with Crippen LogP contribution in [-0.2, 0) is 14.4 Å². The maximum Gasteiger partial charge on any atom is 0.247 e. The number of anilines is 1. The molecule has 216 valence electrons. The molecule has 1 aromatic carbocycles. The maximum absolute atomic E-state index is 13.5. The first-order valence-electron chi connectivity index (χ1n) is 14.3. The molecule has 0 aliphatic carbocycles. The van der Waals surface area contributed by atoms with Gasteiger partial charge in [0.1, 0.15) is 5.54 Å². The number of carbonyl (C=O) groups is 3. The first kappa shape index (κ1) is 29.7. The van der Waals surface area contributed by atoms with Crippen molar-refractivity contribution in [3.8, 4) is 0 Å². The number of hydrogen-bond acceptors (Lipinski definition) is 5. The Morgan fingerprint density at radius 1 is 1.05 bits per heavy atom. The number of likely N-dealkylation sites (N-methyl/N-ethyl adjacent to an activating group) is 1. The molecule has 0 bridgehead atoms. The van der Waals surface area contributed by atoms with Crippen LogP contribution in [0.3, 0.4) is 0 Å². The second-order valence-corrected chi connectivity index (χ2v) is 13.7. The number of halogens is 1. The second-order valence-electron chi connectivity index (χ2n) is 13.2. The third-order valence-corrected chi connectivity index (χ3v) is 9.34. The Hall–Kier alpha value is -2.32. The number of piperazine rings is 1. The van der Waals surface area contributed by atoms with Crippen LogP contribution in [0.15, 0.2) is 24.3 Å². The zero-order valence-corrected chi connectivity index (χ0v) is 25.3. The van der Waals surface area contributed by atoms with Crippen LogP contribution in [0.5, 0.6) is 0 Å². The van der Waals surface area contributed by atoms with E-state index < -0.39 is 11.0 Å². The molecule has 39 heavy (non-hydrogen) atoms. The monoisotopic (exact) mass is 559 g/mol. The molecule has 1 atom stereocenters. The van der Waals surface area contributed by atoms with Crippen molar-refractivity contribution in [2.24, 2.45) is 10.8 Å². The number of amides is 3. The van der Waals surface area contributed by atoms with E-state index in [9.17, 15) is 14.4 Å². The topological polar surface area (TPSA) is 76.2 Å². The Balaban J connectivity index is 1.25. The summed E-state index contributed by atoms with van der Waals surface area (Å²) >= 11 is 6.17. The van der Waals surface area contributed by atoms with Crippen LogP contribution in [0.1, 0.15) is 60.3 Å². The van der Waals surface area contributed by atoms with E-state index in [1.807, 2.05) is 57.7 Å². The molecule has 3 aliphatic rings. The van der Waals surface area contributed by atoms with Gasteiger partial charge in [-0.25, -0.2) is 0 Å². The van der Waals surface area contributed by atoms with Gasteiger partial charge in [-0.1, -0.05) is 38.4 Å². The molecule has 0 saturated carbocycles. The maximum atomic E-state index is 13.5. The molecule has 0 unspecified atom stereocenters. The van der Waals surface area contributed by atoms with Crippen LogP contribution in [-0.4, -0.2) is 96.9 Å². The van der Waals surface area contributed by atoms with Crippen LogP contribution >= 0.6 is 11.6 Å². The van der Waals surface area contributed by atoms with Crippen molar-refractivity contribution >= 4 is 35.0 Å². The van der Waals surface area contributed by atoms with Crippen molar-refractivity contribution < 1.29 is 14.4 Å². The molecule has 3 saturated heterocycles. The Labute approximate surface area is 239 Å². The van der Waals surface area contributed by atoms with Gasteiger partial charge in [-0.2, -0.15) is 0 Å². The van der Waals surface area contributed by atoms with Crippen LogP contribution < -0.4 is 10.2 Å². The lowest BCUT2D eigenvalue weighted by atomic mass is 9.75. The van der Waals surface area contributed by atoms with Gasteiger partial charge in [0.25, 0.3) is 0 Å². The lowest BCUT2D eigenvalue weighted by Gasteiger charge is -2.44. The predicted octanol–water partition coefficient (Wildman–Crippen LogP) is 3.63. The standard InChI is InChI=1S/C30H46ClN5O3/c1-28(2,3)26(38)33(6)29(4,5)27(39)36-14-11-30(12-15-36)21-23(32-25(30)37)10-13-34-16-18-35(19-17-34)24-9-7-8-22(31)20-24/h7-9,20,23H,10-19,21H2,1-6H3,(H,32,37)/t23-/m0/s1. The summed E-state index contributed by atoms with van der Waals surface area (Å²) in [5, 5.41) is 4.04. The first-order chi connectivity index (χ1) is 18.2. The number of hydrogen-bond donors (Lipinski definition) is 1. The van der Waals surface area contributed by atoms with Crippen molar-refractivity contribution in [1.82, 2.24) is 20.0 Å². The Kier molecular flexibility index (Phi) is 8.58. The summed E-state index contributed by atoms with van der Waals surface area (Å²) in [7, 11) is 1.71. The van der Waals surface area contributed by atoms with Gasteiger partial charge in [0.05, 0.1) is 5.41 Å². The van der Waals surface area contributed by atoms with E-state index in [-0.39, 0.29) is 29.2 Å². The van der Waals surface area contributed by atoms with E-state index in [0.717, 1.165) is 50.6 Å². The number of carbonyl (C=O) groups excluding carboxylic acids is 3. The van der Waals surface area contributed by atoms with Gasteiger partial charge >= 0.3 is 0 Å². The fourth-order valence-corrected chi connectivity index (χ4v) is 6.41. The van der Waals surface area contributed by atoms with Crippen molar-refractivity contribution in [2.45, 2.75) is 71.9 Å². The van der Waals surface area contributed by atoms with Crippen LogP contribution in [0, 0.1) is 10.8 Å². The highest BCUT2D eigenvalue weighted by Gasteiger charge is 2.50. The molecule has 3 fully saturated rings. The van der Waals surface area contributed by atoms with Gasteiger partial charge in [0.2, 0.25) is 17.7 Å². The Morgan fingerprint density at radius 3 is 2.28 bits per heavy atom. The van der Waals surface area contributed by atoms with Crippen molar-refractivity contribution in [2.75, 3.05) is 57.8 Å². The SMILES string of the molecule is CN(C(=O)C(C)(C)C)C(C)(C)C(=O)N1CCC2(CC1)C[C@H](CCN1CCN(c3cccc(Cl)c3)CC1)NC2=O. The lowest BCUT2D eigenvalue weighted by molar-refractivity contribution is -0.156. The summed E-state index contributed by atoms with van der Waals surface area (Å²) in [4.78, 5) is 47.7. The van der Waals surface area contributed by atoms with Crippen LogP contribution in [0.4, 0.5) is 5.69 Å². The molecule has 1 spiro atoms. The summed E-state index contributed by atoms with van der Waals surface area (Å²) < 4.78 is 0. The van der Waals surface area contributed by atoms with Gasteiger partial charge in [-0.05, 0) is 57.7 Å². The zero-order chi connectivity index (χ0) is 28.6. The molecule has 1 N–H and O–H groups in total. The van der Waals surface area contributed by atoms with E-state index in [1.54, 1.807) is 11.9 Å². The second kappa shape index (κ2) is 11.3. The van der Waals surface area contributed by atoms with Gasteiger partial charge < -0.3 is 20.0 Å². The molecule has 1 aromatic rings. The number of nitrogens with zero attached hydrogens (tertiary/aromatic N) is 4. The van der Waals surface area contributed by atoms with Gasteiger partial charge in [0.15, 0.2) is 0 Å². The molecule has 3 heterocycles. The van der Waals surface area contributed by atoms with Crippen molar-refractivity contribution in [1.29, 1.82) is 0 Å². The molecular formula is C30H46ClN5O3. The molecule has 3 aliphatic heterocycles. The summed E-state index contributed by atoms with van der Waals surface area (Å²) in [6.07, 6.45) is 3.13. The highest BCUT2D eigenvalue weighted by Crippen LogP contribution is 2.41. The smallest absolute Gasteiger partial charge is 0.247 e. The molecule has 9 heteroatoms. The van der Waals surface area contributed by atoms with Crippen molar-refractivity contribution in [3.05, 3.63) is 29.3 Å². The highest BCUT2D eigenvalue weighted by molar-refractivity contribution is 6.30. The Bertz CT molecular complexity index is 1070. The minimum atomic E-state index is -0.938. The Morgan fingerprint density at radius 2 is 1.69 bits per heavy atom. The van der Waals surface area contributed by atoms with Crippen molar-refractivity contribution in [3.63, 3.8) is 0 Å². The van der Waals surface area contributed by atoms with Gasteiger partial charge in [-0.15, -0.1) is 0 Å². The van der Waals surface area contributed by atoms with Gasteiger partial charge in [-0.3, -0.25) is 19.3 Å². The fourth-order valence-electron chi connectivity index (χ4n) is 6.23. The summed E-state index contributed by atoms with van der Waals surface area (Å²) in [5.74, 6) is 0.0344. The number of nitrogens with one attached hydrogen (secondary N) is 1. The summed E-state index contributed by atoms with van der Waals surface area (Å²) in [6.45, 7) is 15.2. The molecule has 3 amide bonds. The number of piperidine rings is 1. The number of benzene rings is 1. The van der Waals surface area contributed by atoms with E-state index in [4.69, 9.17) is 11.6 Å². The van der Waals surface area contributed by atoms with Gasteiger partial charge in [0, 0.05) is 75.0 Å². The first-order valence-corrected chi connectivity index (χ1v) is 14.7. The highest BCUT2D eigenvalue weighted by atomic mass is 35.5. The van der Waals surface area contributed by atoms with E-state index in [0.29, 0.717) is 25.9 Å². The predicted molar refractivity (Wildman–Crippen MR) is 156 cm³/mol. The number of likely N-dealkylation sites (tertiary alicyclic amines) is 1. The molecule has 4 rings (SSSR count). The summed E-state index contributed by atoms with van der Waals surface area (Å²) in [5.41, 5.74) is -0.706. The third-order valence-electron chi connectivity index (χ3n) is 9.11. The minimum absolute atomic E-state index is 0.0516. The molecular weight excluding hydrogens is 514 g/mol. The zero-order valence-electron chi connectivity index (χ0n) is 24.6. The van der Waals surface area contributed by atoms with Crippen LogP contribution in [0.2, 0.25) is 5.02 Å². The molecule has 0 aromatic heterocycles. The normalized spacial score (nSPS) is 22.2. The third kappa shape index (κ3) is 6.37. The molecule has 8 nitrogen and oxygen atoms in total. The summed E-state index contributed by atoms with van der Waals surface area (Å²) in [6, 6.07) is 8.21.